The van der Waals surface area contributed by atoms with Crippen molar-refractivity contribution < 1.29 is 19.4 Å². The normalized spacial score (nSPS) is 11.7. The largest absolute Gasteiger partial charge is 0.504 e. The van der Waals surface area contributed by atoms with Crippen LogP contribution in [0.3, 0.4) is 0 Å². The molecule has 0 unspecified atom stereocenters. The van der Waals surface area contributed by atoms with Crippen molar-refractivity contribution in [3.8, 4) is 5.75 Å². The van der Waals surface area contributed by atoms with Crippen LogP contribution in [0.4, 0.5) is 5.69 Å². The molecule has 0 radical (unpaired) electrons. The van der Waals surface area contributed by atoms with E-state index in [1.807, 2.05) is 6.92 Å². The van der Waals surface area contributed by atoms with Crippen molar-refractivity contribution in [3.63, 3.8) is 0 Å². The summed E-state index contributed by atoms with van der Waals surface area (Å²) < 4.78 is 5.49. The number of rotatable bonds is 4. The summed E-state index contributed by atoms with van der Waals surface area (Å²) in [4.78, 5) is 11.6. The average Bonchev–Trinajstić information content (AvgIpc) is 2.85. The Morgan fingerprint density at radius 1 is 1.20 bits per heavy atom. The second-order valence-corrected chi connectivity index (χ2v) is 6.12. The van der Waals surface area contributed by atoms with Crippen molar-refractivity contribution in [1.82, 2.24) is 0 Å². The van der Waals surface area contributed by atoms with Crippen molar-refractivity contribution in [2.45, 2.75) is 6.92 Å². The Hall–Kier alpha value is -2.70. The van der Waals surface area contributed by atoms with Crippen LogP contribution in [0, 0.1) is 6.92 Å². The molecule has 0 aliphatic heterocycles. The van der Waals surface area contributed by atoms with Gasteiger partial charge in [0.05, 0.1) is 16.1 Å². The van der Waals surface area contributed by atoms with Crippen LogP contribution in [0.5, 0.6) is 5.75 Å². The van der Waals surface area contributed by atoms with E-state index in [2.05, 4.69) is 10.5 Å². The third-order valence-electron chi connectivity index (χ3n) is 3.46. The van der Waals surface area contributed by atoms with Gasteiger partial charge in [-0.15, -0.1) is 0 Å². The highest BCUT2D eigenvalue weighted by Crippen LogP contribution is 2.33. The number of carboxylic acids is 1. The number of anilines is 1. The standard InChI is InChI=1S/C17H12Cl2N2O4/c1-8-2-4-10-13(6-8)25-16(15(10)22)14(17(23)24)21-20-12-5-3-9(18)7-11(12)19/h2-7,20,22H,1H3,(H,23,24). The predicted molar refractivity (Wildman–Crippen MR) is 96.9 cm³/mol. The van der Waals surface area contributed by atoms with Gasteiger partial charge in [0.15, 0.2) is 5.75 Å². The Balaban J connectivity index is 2.04. The topological polar surface area (TPSA) is 95.1 Å². The zero-order valence-electron chi connectivity index (χ0n) is 12.9. The summed E-state index contributed by atoms with van der Waals surface area (Å²) >= 11 is 11.8. The lowest BCUT2D eigenvalue weighted by atomic mass is 10.1. The number of nitrogens with one attached hydrogen (secondary N) is 1. The zero-order chi connectivity index (χ0) is 18.1. The van der Waals surface area contributed by atoms with Crippen molar-refractivity contribution >= 4 is 51.5 Å². The molecular weight excluding hydrogens is 367 g/mol. The van der Waals surface area contributed by atoms with Crippen molar-refractivity contribution in [2.75, 3.05) is 5.43 Å². The summed E-state index contributed by atoms with van der Waals surface area (Å²) in [6, 6.07) is 9.74. The lowest BCUT2D eigenvalue weighted by Crippen LogP contribution is -2.16. The number of hydrogen-bond acceptors (Lipinski definition) is 5. The first kappa shape index (κ1) is 17.1. The fourth-order valence-corrected chi connectivity index (χ4v) is 2.69. The molecule has 6 nitrogen and oxygen atoms in total. The molecule has 25 heavy (non-hydrogen) atoms. The zero-order valence-corrected chi connectivity index (χ0v) is 14.4. The fourth-order valence-electron chi connectivity index (χ4n) is 2.24. The fraction of sp³-hybridized carbons (Fsp3) is 0.0588. The molecule has 0 spiro atoms. The van der Waals surface area contributed by atoms with Crippen molar-refractivity contribution in [2.24, 2.45) is 5.10 Å². The van der Waals surface area contributed by atoms with Gasteiger partial charge in [0.2, 0.25) is 11.5 Å². The van der Waals surface area contributed by atoms with Crippen LogP contribution in [0.1, 0.15) is 11.3 Å². The maximum absolute atomic E-state index is 11.6. The second-order valence-electron chi connectivity index (χ2n) is 5.28. The molecule has 3 rings (SSSR count). The number of carbonyl (C=O) groups is 1. The summed E-state index contributed by atoms with van der Waals surface area (Å²) in [6.45, 7) is 1.86. The lowest BCUT2D eigenvalue weighted by Gasteiger charge is -2.05. The number of benzene rings is 2. The number of furan rings is 1. The molecule has 2 aromatic carbocycles. The van der Waals surface area contributed by atoms with E-state index >= 15 is 0 Å². The van der Waals surface area contributed by atoms with Crippen LogP contribution in [0.25, 0.3) is 11.0 Å². The Kier molecular flexibility index (Phi) is 4.57. The maximum atomic E-state index is 11.6. The first-order chi connectivity index (χ1) is 11.9. The predicted octanol–water partition coefficient (Wildman–Crippen LogP) is 4.65. The molecule has 0 atom stereocenters. The lowest BCUT2D eigenvalue weighted by molar-refractivity contribution is -0.129. The van der Waals surface area contributed by atoms with E-state index in [1.165, 1.54) is 6.07 Å². The van der Waals surface area contributed by atoms with Crippen LogP contribution >= 0.6 is 23.2 Å². The van der Waals surface area contributed by atoms with E-state index in [0.717, 1.165) is 5.56 Å². The van der Waals surface area contributed by atoms with Gasteiger partial charge in [-0.05, 0) is 42.8 Å². The summed E-state index contributed by atoms with van der Waals surface area (Å²) in [5.74, 6) is -1.91. The number of halogens is 2. The van der Waals surface area contributed by atoms with Crippen molar-refractivity contribution in [3.05, 3.63) is 57.8 Å². The molecule has 1 heterocycles. The molecule has 0 saturated carbocycles. The minimum Gasteiger partial charge on any atom is -0.504 e. The van der Waals surface area contributed by atoms with E-state index in [9.17, 15) is 15.0 Å². The third kappa shape index (κ3) is 3.40. The highest BCUT2D eigenvalue weighted by atomic mass is 35.5. The van der Waals surface area contributed by atoms with Crippen LogP contribution in [0.15, 0.2) is 45.9 Å². The van der Waals surface area contributed by atoms with Gasteiger partial charge >= 0.3 is 5.97 Å². The molecule has 0 amide bonds. The number of nitrogens with zero attached hydrogens (tertiary/aromatic N) is 1. The monoisotopic (exact) mass is 378 g/mol. The third-order valence-corrected chi connectivity index (χ3v) is 4.00. The van der Waals surface area contributed by atoms with Crippen LogP contribution in [0.2, 0.25) is 10.0 Å². The Morgan fingerprint density at radius 3 is 2.64 bits per heavy atom. The van der Waals surface area contributed by atoms with Gasteiger partial charge in [-0.1, -0.05) is 29.3 Å². The van der Waals surface area contributed by atoms with Gasteiger partial charge < -0.3 is 14.6 Å². The summed E-state index contributed by atoms with van der Waals surface area (Å²) in [6.07, 6.45) is 0. The summed E-state index contributed by atoms with van der Waals surface area (Å²) in [5, 5.41) is 24.6. The smallest absolute Gasteiger partial charge is 0.360 e. The highest BCUT2D eigenvalue weighted by molar-refractivity contribution is 6.43. The Bertz CT molecular complexity index is 1010. The minimum absolute atomic E-state index is 0.245. The SMILES string of the molecule is Cc1ccc2c(O)c(C(=NNc3ccc(Cl)cc3Cl)C(=O)O)oc2c1. The molecule has 8 heteroatoms. The van der Waals surface area contributed by atoms with Gasteiger partial charge in [-0.3, -0.25) is 5.43 Å². The summed E-state index contributed by atoms with van der Waals surface area (Å²) in [7, 11) is 0. The van der Waals surface area contributed by atoms with E-state index in [0.29, 0.717) is 21.7 Å². The molecule has 0 fully saturated rings. The minimum atomic E-state index is -1.37. The number of aliphatic carboxylic acids is 1. The number of aryl methyl sites for hydroxylation is 1. The molecular formula is C17H12Cl2N2O4. The number of fused-ring (bicyclic) bond motifs is 1. The highest BCUT2D eigenvalue weighted by Gasteiger charge is 2.24. The molecule has 0 bridgehead atoms. The number of hydrogen-bond donors (Lipinski definition) is 3. The molecule has 1 aromatic heterocycles. The summed E-state index contributed by atoms with van der Waals surface area (Å²) in [5.41, 5.74) is 3.69. The Morgan fingerprint density at radius 2 is 1.96 bits per heavy atom. The molecule has 128 valence electrons. The van der Waals surface area contributed by atoms with E-state index in [-0.39, 0.29) is 16.5 Å². The number of hydrazone groups is 1. The van der Waals surface area contributed by atoms with Gasteiger partial charge in [0.25, 0.3) is 0 Å². The average molecular weight is 379 g/mol. The molecule has 0 saturated heterocycles. The second kappa shape index (κ2) is 6.66. The molecule has 0 aliphatic carbocycles. The molecule has 3 N–H and O–H groups in total. The molecule has 3 aromatic rings. The quantitative estimate of drug-likeness (QED) is 0.453. The van der Waals surface area contributed by atoms with Gasteiger partial charge in [0.1, 0.15) is 5.58 Å². The number of aromatic hydroxyl groups is 1. The van der Waals surface area contributed by atoms with Crippen LogP contribution in [-0.4, -0.2) is 21.9 Å². The van der Waals surface area contributed by atoms with Gasteiger partial charge in [0, 0.05) is 5.02 Å². The number of carboxylic acid groups (broad SMARTS) is 1. The Labute approximate surface area is 152 Å². The van der Waals surface area contributed by atoms with Crippen LogP contribution in [-0.2, 0) is 4.79 Å². The molecule has 0 aliphatic rings. The van der Waals surface area contributed by atoms with E-state index in [4.69, 9.17) is 27.6 Å². The van der Waals surface area contributed by atoms with E-state index in [1.54, 1.807) is 30.3 Å². The van der Waals surface area contributed by atoms with Gasteiger partial charge in [-0.2, -0.15) is 5.10 Å². The van der Waals surface area contributed by atoms with Gasteiger partial charge in [-0.25, -0.2) is 4.79 Å². The maximum Gasteiger partial charge on any atom is 0.360 e. The van der Waals surface area contributed by atoms with E-state index < -0.39 is 11.7 Å². The first-order valence-electron chi connectivity index (χ1n) is 7.11. The van der Waals surface area contributed by atoms with Crippen molar-refractivity contribution in [1.29, 1.82) is 0 Å². The first-order valence-corrected chi connectivity index (χ1v) is 7.87. The van der Waals surface area contributed by atoms with Crippen LogP contribution < -0.4 is 5.43 Å².